The van der Waals surface area contributed by atoms with E-state index in [9.17, 15) is 14.3 Å². The van der Waals surface area contributed by atoms with Gasteiger partial charge in [-0.1, -0.05) is 36.4 Å². The Hall–Kier alpha value is -2.46. The van der Waals surface area contributed by atoms with Gasteiger partial charge < -0.3 is 9.52 Å². The predicted molar refractivity (Wildman–Crippen MR) is 78.7 cm³/mol. The van der Waals surface area contributed by atoms with Crippen LogP contribution in [0.1, 0.15) is 5.76 Å². The van der Waals surface area contributed by atoms with E-state index in [0.29, 0.717) is 16.9 Å². The molecule has 0 amide bonds. The van der Waals surface area contributed by atoms with Crippen molar-refractivity contribution in [1.29, 1.82) is 0 Å². The lowest BCUT2D eigenvalue weighted by atomic mass is 10.0. The third-order valence-electron chi connectivity index (χ3n) is 3.34. The summed E-state index contributed by atoms with van der Waals surface area (Å²) in [5, 5.41) is 9.12. The van der Waals surface area contributed by atoms with Crippen LogP contribution in [0.3, 0.4) is 0 Å². The van der Waals surface area contributed by atoms with Crippen molar-refractivity contribution < 1.29 is 13.9 Å². The van der Waals surface area contributed by atoms with Gasteiger partial charge in [-0.2, -0.15) is 0 Å². The molecule has 0 spiro atoms. The standard InChI is InChI=1S/C17H13FO3/c18-12-7-4-8-13-16(12)17(20)15(14(21-13)9-10-19)11-5-2-1-3-6-11/h1-8,19H,9-10H2. The summed E-state index contributed by atoms with van der Waals surface area (Å²) in [7, 11) is 0. The van der Waals surface area contributed by atoms with Crippen LogP contribution in [0.15, 0.2) is 57.7 Å². The van der Waals surface area contributed by atoms with Gasteiger partial charge in [0.1, 0.15) is 22.5 Å². The second-order valence-electron chi connectivity index (χ2n) is 4.68. The van der Waals surface area contributed by atoms with Crippen LogP contribution < -0.4 is 5.43 Å². The van der Waals surface area contributed by atoms with Crippen LogP contribution in [0.25, 0.3) is 22.1 Å². The molecule has 0 aliphatic rings. The Balaban J connectivity index is 2.41. The van der Waals surface area contributed by atoms with Gasteiger partial charge >= 0.3 is 0 Å². The Bertz CT molecular complexity index is 838. The number of hydrogen-bond donors (Lipinski definition) is 1. The predicted octanol–water partition coefficient (Wildman–Crippen LogP) is 3.13. The molecule has 3 nitrogen and oxygen atoms in total. The van der Waals surface area contributed by atoms with E-state index < -0.39 is 11.2 Å². The smallest absolute Gasteiger partial charge is 0.203 e. The summed E-state index contributed by atoms with van der Waals surface area (Å²) in [6.45, 7) is -0.149. The van der Waals surface area contributed by atoms with Crippen LogP contribution in [0.2, 0.25) is 0 Å². The molecule has 0 aliphatic heterocycles. The van der Waals surface area contributed by atoms with Crippen molar-refractivity contribution in [3.05, 3.63) is 70.3 Å². The van der Waals surface area contributed by atoms with Gasteiger partial charge in [0.05, 0.1) is 12.2 Å². The van der Waals surface area contributed by atoms with Crippen molar-refractivity contribution in [3.63, 3.8) is 0 Å². The number of aliphatic hydroxyl groups is 1. The molecular formula is C17H13FO3. The average molecular weight is 284 g/mol. The van der Waals surface area contributed by atoms with Crippen LogP contribution in [0.5, 0.6) is 0 Å². The highest BCUT2D eigenvalue weighted by Crippen LogP contribution is 2.25. The normalized spacial score (nSPS) is 11.0. The molecule has 0 aliphatic carbocycles. The van der Waals surface area contributed by atoms with E-state index >= 15 is 0 Å². The molecule has 1 N–H and O–H groups in total. The Morgan fingerprint density at radius 2 is 1.81 bits per heavy atom. The van der Waals surface area contributed by atoms with Crippen molar-refractivity contribution in [2.75, 3.05) is 6.61 Å². The van der Waals surface area contributed by atoms with E-state index in [-0.39, 0.29) is 24.0 Å². The van der Waals surface area contributed by atoms with Crippen LogP contribution >= 0.6 is 0 Å². The molecule has 0 fully saturated rings. The lowest BCUT2D eigenvalue weighted by molar-refractivity contribution is 0.289. The van der Waals surface area contributed by atoms with Gasteiger partial charge in [0.15, 0.2) is 0 Å². The van der Waals surface area contributed by atoms with Crippen LogP contribution in [0, 0.1) is 5.82 Å². The summed E-state index contributed by atoms with van der Waals surface area (Å²) in [4.78, 5) is 12.7. The highest BCUT2D eigenvalue weighted by molar-refractivity contribution is 5.83. The van der Waals surface area contributed by atoms with Crippen molar-refractivity contribution in [2.24, 2.45) is 0 Å². The fourth-order valence-corrected chi connectivity index (χ4v) is 2.42. The molecule has 2 aromatic carbocycles. The minimum atomic E-state index is -0.603. The Morgan fingerprint density at radius 1 is 1.05 bits per heavy atom. The fraction of sp³-hybridized carbons (Fsp3) is 0.118. The minimum absolute atomic E-state index is 0.0574. The molecule has 0 radical (unpaired) electrons. The van der Waals surface area contributed by atoms with E-state index in [2.05, 4.69) is 0 Å². The van der Waals surface area contributed by atoms with Crippen molar-refractivity contribution >= 4 is 11.0 Å². The molecule has 4 heteroatoms. The SMILES string of the molecule is O=c1c(-c2ccccc2)c(CCO)oc2cccc(F)c12. The summed E-state index contributed by atoms with van der Waals surface area (Å²) in [6, 6.07) is 13.2. The summed E-state index contributed by atoms with van der Waals surface area (Å²) in [5.74, 6) is -0.235. The Morgan fingerprint density at radius 3 is 2.52 bits per heavy atom. The largest absolute Gasteiger partial charge is 0.460 e. The van der Waals surface area contributed by atoms with Gasteiger partial charge in [-0.3, -0.25) is 4.79 Å². The molecule has 3 rings (SSSR count). The summed E-state index contributed by atoms with van der Waals surface area (Å²) in [6.07, 6.45) is 0.200. The van der Waals surface area contributed by atoms with Crippen molar-refractivity contribution in [2.45, 2.75) is 6.42 Å². The Kier molecular flexibility index (Phi) is 3.54. The highest BCUT2D eigenvalue weighted by Gasteiger charge is 2.17. The second-order valence-corrected chi connectivity index (χ2v) is 4.68. The van der Waals surface area contributed by atoms with Gasteiger partial charge in [-0.05, 0) is 17.7 Å². The number of rotatable bonds is 3. The van der Waals surface area contributed by atoms with Gasteiger partial charge in [0.25, 0.3) is 0 Å². The van der Waals surface area contributed by atoms with Gasteiger partial charge in [0.2, 0.25) is 5.43 Å². The first-order chi connectivity index (χ1) is 10.2. The van der Waals surface area contributed by atoms with Crippen molar-refractivity contribution in [1.82, 2.24) is 0 Å². The monoisotopic (exact) mass is 284 g/mol. The number of fused-ring (bicyclic) bond motifs is 1. The van der Waals surface area contributed by atoms with Gasteiger partial charge in [-0.25, -0.2) is 4.39 Å². The molecule has 106 valence electrons. The van der Waals surface area contributed by atoms with Crippen LogP contribution in [-0.2, 0) is 6.42 Å². The molecule has 1 aromatic heterocycles. The van der Waals surface area contributed by atoms with Gasteiger partial charge in [0, 0.05) is 6.42 Å². The molecule has 0 bridgehead atoms. The zero-order valence-corrected chi connectivity index (χ0v) is 11.2. The summed E-state index contributed by atoms with van der Waals surface area (Å²) < 4.78 is 19.6. The van der Waals surface area contributed by atoms with Crippen molar-refractivity contribution in [3.8, 4) is 11.1 Å². The number of benzene rings is 2. The molecule has 0 saturated carbocycles. The van der Waals surface area contributed by atoms with E-state index in [1.54, 1.807) is 30.3 Å². The maximum atomic E-state index is 14.0. The zero-order valence-electron chi connectivity index (χ0n) is 11.2. The first kappa shape index (κ1) is 13.5. The average Bonchev–Trinajstić information content (AvgIpc) is 2.48. The lowest BCUT2D eigenvalue weighted by Crippen LogP contribution is -2.11. The van der Waals surface area contributed by atoms with E-state index in [1.807, 2.05) is 6.07 Å². The topological polar surface area (TPSA) is 50.4 Å². The first-order valence-electron chi connectivity index (χ1n) is 6.63. The van der Waals surface area contributed by atoms with Gasteiger partial charge in [-0.15, -0.1) is 0 Å². The molecular weight excluding hydrogens is 271 g/mol. The third-order valence-corrected chi connectivity index (χ3v) is 3.34. The quantitative estimate of drug-likeness (QED) is 0.804. The summed E-state index contributed by atoms with van der Waals surface area (Å²) >= 11 is 0. The minimum Gasteiger partial charge on any atom is -0.460 e. The van der Waals surface area contributed by atoms with E-state index in [0.717, 1.165) is 0 Å². The molecule has 3 aromatic rings. The first-order valence-corrected chi connectivity index (χ1v) is 6.63. The molecule has 0 atom stereocenters. The summed E-state index contributed by atoms with van der Waals surface area (Å²) in [5.41, 5.74) is 0.745. The molecule has 21 heavy (non-hydrogen) atoms. The van der Waals surface area contributed by atoms with E-state index in [1.165, 1.54) is 12.1 Å². The number of halogens is 1. The third kappa shape index (κ3) is 2.34. The maximum absolute atomic E-state index is 14.0. The number of hydrogen-bond acceptors (Lipinski definition) is 3. The Labute approximate surface area is 120 Å². The fourth-order valence-electron chi connectivity index (χ4n) is 2.42. The number of aliphatic hydroxyl groups excluding tert-OH is 1. The molecule has 0 unspecified atom stereocenters. The second kappa shape index (κ2) is 5.50. The zero-order chi connectivity index (χ0) is 14.8. The van der Waals surface area contributed by atoms with E-state index in [4.69, 9.17) is 4.42 Å². The lowest BCUT2D eigenvalue weighted by Gasteiger charge is -2.09. The van der Waals surface area contributed by atoms with Crippen LogP contribution in [-0.4, -0.2) is 11.7 Å². The maximum Gasteiger partial charge on any atom is 0.203 e. The molecule has 0 saturated heterocycles. The highest BCUT2D eigenvalue weighted by atomic mass is 19.1. The van der Waals surface area contributed by atoms with Crippen LogP contribution in [0.4, 0.5) is 4.39 Å². The molecule has 1 heterocycles.